The lowest BCUT2D eigenvalue weighted by Gasteiger charge is -2.07. The molecular formula is C17H17NO3S. The summed E-state index contributed by atoms with van der Waals surface area (Å²) in [6, 6.07) is 15.4. The fraction of sp³-hybridized carbons (Fsp3) is 0.118. The Labute approximate surface area is 130 Å². The second-order valence-corrected chi connectivity index (χ2v) is 6.63. The van der Waals surface area contributed by atoms with Gasteiger partial charge in [0.1, 0.15) is 0 Å². The van der Waals surface area contributed by atoms with Crippen LogP contribution >= 0.6 is 0 Å². The molecule has 2 rings (SSSR count). The molecular weight excluding hydrogens is 298 g/mol. The highest BCUT2D eigenvalue weighted by atomic mass is 32.2. The van der Waals surface area contributed by atoms with Gasteiger partial charge in [0.15, 0.2) is 5.78 Å². The second-order valence-electron chi connectivity index (χ2n) is 4.91. The van der Waals surface area contributed by atoms with E-state index in [4.69, 9.17) is 0 Å². The van der Waals surface area contributed by atoms with Gasteiger partial charge in [0.05, 0.1) is 4.90 Å². The van der Waals surface area contributed by atoms with Crippen LogP contribution in [0.15, 0.2) is 65.7 Å². The monoisotopic (exact) mass is 315 g/mol. The molecule has 0 aliphatic rings. The van der Waals surface area contributed by atoms with Crippen molar-refractivity contribution in [3.63, 3.8) is 0 Å². The Kier molecular flexibility index (Phi) is 4.78. The zero-order valence-electron chi connectivity index (χ0n) is 12.4. The minimum absolute atomic E-state index is 0.158. The van der Waals surface area contributed by atoms with Crippen LogP contribution in [0.25, 0.3) is 5.57 Å². The van der Waals surface area contributed by atoms with E-state index in [1.165, 1.54) is 25.3 Å². The van der Waals surface area contributed by atoms with Gasteiger partial charge >= 0.3 is 0 Å². The Morgan fingerprint density at radius 3 is 2.14 bits per heavy atom. The average Bonchev–Trinajstić information content (AvgIpc) is 2.48. The van der Waals surface area contributed by atoms with Crippen LogP contribution in [0.5, 0.6) is 0 Å². The van der Waals surface area contributed by atoms with E-state index in [0.29, 0.717) is 11.1 Å². The third kappa shape index (κ3) is 3.83. The van der Waals surface area contributed by atoms with Gasteiger partial charge in [0.2, 0.25) is 0 Å². The smallest absolute Gasteiger partial charge is 0.261 e. The molecule has 0 bridgehead atoms. The number of aryl methyl sites for hydroxylation is 1. The summed E-state index contributed by atoms with van der Waals surface area (Å²) in [6.07, 6.45) is 1.24. The van der Waals surface area contributed by atoms with Crippen molar-refractivity contribution in [1.82, 2.24) is 4.72 Å². The molecule has 0 atom stereocenters. The predicted octanol–water partition coefficient (Wildman–Crippen LogP) is 2.90. The lowest BCUT2D eigenvalue weighted by Crippen LogP contribution is -2.19. The molecule has 0 saturated heterocycles. The number of carbonyl (C=O) groups excluding carboxylic acids is 1. The van der Waals surface area contributed by atoms with Crippen molar-refractivity contribution in [1.29, 1.82) is 0 Å². The molecule has 5 heteroatoms. The molecule has 114 valence electrons. The maximum Gasteiger partial charge on any atom is 0.261 e. The first-order valence-electron chi connectivity index (χ1n) is 6.76. The van der Waals surface area contributed by atoms with Gasteiger partial charge in [-0.3, -0.25) is 9.52 Å². The van der Waals surface area contributed by atoms with Crippen LogP contribution in [-0.2, 0) is 14.8 Å². The van der Waals surface area contributed by atoms with Crippen molar-refractivity contribution >= 4 is 21.4 Å². The first kappa shape index (κ1) is 16.0. The zero-order valence-corrected chi connectivity index (χ0v) is 13.2. The quantitative estimate of drug-likeness (QED) is 0.863. The van der Waals surface area contributed by atoms with Crippen LogP contribution in [0.4, 0.5) is 0 Å². The molecule has 0 heterocycles. The molecule has 0 aromatic heterocycles. The standard InChI is InChI=1S/C17H17NO3S/c1-13-8-10-16(11-9-13)22(20,21)18-12-17(14(2)19)15-6-4-3-5-7-15/h3-12,18H,1-2H3/b17-12+. The highest BCUT2D eigenvalue weighted by Gasteiger charge is 2.13. The number of allylic oxidation sites excluding steroid dienone is 1. The number of carbonyl (C=O) groups is 1. The van der Waals surface area contributed by atoms with E-state index >= 15 is 0 Å². The summed E-state index contributed by atoms with van der Waals surface area (Å²) in [4.78, 5) is 11.9. The number of hydrogen-bond donors (Lipinski definition) is 1. The van der Waals surface area contributed by atoms with Gasteiger partial charge in [-0.2, -0.15) is 0 Å². The van der Waals surface area contributed by atoms with Crippen LogP contribution in [0.1, 0.15) is 18.1 Å². The van der Waals surface area contributed by atoms with Crippen LogP contribution in [0.3, 0.4) is 0 Å². The topological polar surface area (TPSA) is 63.2 Å². The summed E-state index contributed by atoms with van der Waals surface area (Å²) < 4.78 is 26.8. The van der Waals surface area contributed by atoms with Crippen molar-refractivity contribution in [2.24, 2.45) is 0 Å². The number of benzene rings is 2. The Bertz CT molecular complexity index is 792. The van der Waals surface area contributed by atoms with Crippen LogP contribution in [0, 0.1) is 6.92 Å². The second kappa shape index (κ2) is 6.58. The Morgan fingerprint density at radius 2 is 1.59 bits per heavy atom. The number of sulfonamides is 1. The highest BCUT2D eigenvalue weighted by molar-refractivity contribution is 7.89. The van der Waals surface area contributed by atoms with Gasteiger partial charge < -0.3 is 0 Å². The number of ketones is 1. The molecule has 2 aromatic carbocycles. The molecule has 0 amide bonds. The van der Waals surface area contributed by atoms with Crippen molar-refractivity contribution in [3.8, 4) is 0 Å². The maximum absolute atomic E-state index is 12.2. The fourth-order valence-corrected chi connectivity index (χ4v) is 2.83. The van der Waals surface area contributed by atoms with E-state index in [2.05, 4.69) is 4.72 Å². The van der Waals surface area contributed by atoms with Gasteiger partial charge in [0.25, 0.3) is 10.0 Å². The molecule has 0 aliphatic carbocycles. The van der Waals surface area contributed by atoms with E-state index in [0.717, 1.165) is 5.56 Å². The minimum Gasteiger partial charge on any atom is -0.294 e. The number of nitrogens with one attached hydrogen (secondary N) is 1. The Hall–Kier alpha value is -2.40. The fourth-order valence-electron chi connectivity index (χ4n) is 1.93. The van der Waals surface area contributed by atoms with Crippen LogP contribution < -0.4 is 4.72 Å². The third-order valence-electron chi connectivity index (χ3n) is 3.15. The van der Waals surface area contributed by atoms with Crippen molar-refractivity contribution in [2.45, 2.75) is 18.7 Å². The summed E-state index contributed by atoms with van der Waals surface area (Å²) >= 11 is 0. The molecule has 4 nitrogen and oxygen atoms in total. The van der Waals surface area contributed by atoms with Crippen molar-refractivity contribution < 1.29 is 13.2 Å². The number of rotatable bonds is 5. The summed E-state index contributed by atoms with van der Waals surface area (Å²) in [7, 11) is -3.69. The first-order valence-corrected chi connectivity index (χ1v) is 8.24. The average molecular weight is 315 g/mol. The SMILES string of the molecule is CC(=O)/C(=C\NS(=O)(=O)c1ccc(C)cc1)c1ccccc1. The van der Waals surface area contributed by atoms with Crippen molar-refractivity contribution in [2.75, 3.05) is 0 Å². The van der Waals surface area contributed by atoms with Gasteiger partial charge in [-0.1, -0.05) is 48.0 Å². The molecule has 0 radical (unpaired) electrons. The van der Waals surface area contributed by atoms with Gasteiger partial charge in [-0.15, -0.1) is 0 Å². The lowest BCUT2D eigenvalue weighted by atomic mass is 10.0. The molecule has 0 saturated carbocycles. The maximum atomic E-state index is 12.2. The largest absolute Gasteiger partial charge is 0.294 e. The lowest BCUT2D eigenvalue weighted by molar-refractivity contribution is -0.111. The minimum atomic E-state index is -3.69. The van der Waals surface area contributed by atoms with Crippen molar-refractivity contribution in [3.05, 3.63) is 71.9 Å². The molecule has 0 spiro atoms. The van der Waals surface area contributed by atoms with E-state index < -0.39 is 10.0 Å². The predicted molar refractivity (Wildman–Crippen MR) is 86.6 cm³/mol. The van der Waals surface area contributed by atoms with E-state index in [1.54, 1.807) is 36.4 Å². The molecule has 22 heavy (non-hydrogen) atoms. The van der Waals surface area contributed by atoms with E-state index in [-0.39, 0.29) is 10.7 Å². The van der Waals surface area contributed by atoms with E-state index in [9.17, 15) is 13.2 Å². The summed E-state index contributed by atoms with van der Waals surface area (Å²) in [5.41, 5.74) is 1.96. The highest BCUT2D eigenvalue weighted by Crippen LogP contribution is 2.15. The molecule has 0 aliphatic heterocycles. The normalized spacial score (nSPS) is 12.0. The Balaban J connectivity index is 2.31. The third-order valence-corrected chi connectivity index (χ3v) is 4.47. The number of Topliss-reactive ketones (excluding diaryl/α,β-unsaturated/α-hetero) is 1. The molecule has 0 unspecified atom stereocenters. The number of hydrogen-bond acceptors (Lipinski definition) is 3. The van der Waals surface area contributed by atoms with E-state index in [1.807, 2.05) is 13.0 Å². The summed E-state index contributed by atoms with van der Waals surface area (Å²) in [5, 5.41) is 0. The zero-order chi connectivity index (χ0) is 16.2. The van der Waals surface area contributed by atoms with Crippen LogP contribution in [0.2, 0.25) is 0 Å². The van der Waals surface area contributed by atoms with Gasteiger partial charge in [0, 0.05) is 11.8 Å². The molecule has 0 fully saturated rings. The van der Waals surface area contributed by atoms with Crippen LogP contribution in [-0.4, -0.2) is 14.2 Å². The summed E-state index contributed by atoms with van der Waals surface area (Å²) in [5.74, 6) is -0.210. The molecule has 2 aromatic rings. The summed E-state index contributed by atoms with van der Waals surface area (Å²) in [6.45, 7) is 3.28. The first-order chi connectivity index (χ1) is 10.4. The van der Waals surface area contributed by atoms with Gasteiger partial charge in [-0.05, 0) is 31.5 Å². The Morgan fingerprint density at radius 1 is 1.00 bits per heavy atom. The molecule has 1 N–H and O–H groups in total. The van der Waals surface area contributed by atoms with Gasteiger partial charge in [-0.25, -0.2) is 8.42 Å².